The van der Waals surface area contributed by atoms with Gasteiger partial charge in [0.1, 0.15) is 0 Å². The first kappa shape index (κ1) is 13.7. The molecule has 1 aromatic heterocycles. The van der Waals surface area contributed by atoms with Gasteiger partial charge in [0.05, 0.1) is 0 Å². The lowest BCUT2D eigenvalue weighted by molar-refractivity contribution is 0.424. The molecule has 2 unspecified atom stereocenters. The first-order valence-electron chi connectivity index (χ1n) is 6.76. The molecular formula is C16H21N3. The fraction of sp³-hybridized carbons (Fsp3) is 0.312. The Balaban J connectivity index is 2.15. The number of nitrogens with one attached hydrogen (secondary N) is 1. The Morgan fingerprint density at radius 2 is 1.84 bits per heavy atom. The number of rotatable bonds is 6. The van der Waals surface area contributed by atoms with Gasteiger partial charge < -0.3 is 0 Å². The number of hydrogen-bond acceptors (Lipinski definition) is 3. The molecule has 2 rings (SSSR count). The van der Waals surface area contributed by atoms with E-state index in [9.17, 15) is 0 Å². The number of benzene rings is 1. The summed E-state index contributed by atoms with van der Waals surface area (Å²) in [6.07, 6.45) is 3.71. The van der Waals surface area contributed by atoms with Crippen molar-refractivity contribution in [1.29, 1.82) is 0 Å². The van der Waals surface area contributed by atoms with Crippen LogP contribution >= 0.6 is 0 Å². The van der Waals surface area contributed by atoms with Gasteiger partial charge in [0.25, 0.3) is 0 Å². The molecule has 1 heterocycles. The summed E-state index contributed by atoms with van der Waals surface area (Å²) in [6, 6.07) is 16.7. The van der Waals surface area contributed by atoms with Gasteiger partial charge in [-0.15, -0.1) is 0 Å². The monoisotopic (exact) mass is 255 g/mol. The molecule has 0 saturated heterocycles. The summed E-state index contributed by atoms with van der Waals surface area (Å²) in [5.74, 6) is 6.15. The van der Waals surface area contributed by atoms with Crippen LogP contribution in [0.2, 0.25) is 0 Å². The molecule has 100 valence electrons. The lowest BCUT2D eigenvalue weighted by Gasteiger charge is -2.26. The summed E-state index contributed by atoms with van der Waals surface area (Å²) in [5, 5.41) is 0. The second-order valence-electron chi connectivity index (χ2n) is 4.72. The number of pyridine rings is 1. The molecule has 0 spiro atoms. The Morgan fingerprint density at radius 1 is 1.11 bits per heavy atom. The smallest absolute Gasteiger partial charge is 0.0419 e. The fourth-order valence-electron chi connectivity index (χ4n) is 2.51. The molecule has 0 radical (unpaired) electrons. The van der Waals surface area contributed by atoms with E-state index in [-0.39, 0.29) is 6.04 Å². The normalized spacial score (nSPS) is 14.0. The third-order valence-corrected chi connectivity index (χ3v) is 3.52. The van der Waals surface area contributed by atoms with Crippen molar-refractivity contribution in [3.63, 3.8) is 0 Å². The van der Waals surface area contributed by atoms with Gasteiger partial charge in [-0.1, -0.05) is 43.3 Å². The van der Waals surface area contributed by atoms with Crippen LogP contribution in [-0.2, 0) is 6.42 Å². The molecule has 1 aromatic carbocycles. The van der Waals surface area contributed by atoms with Crippen LogP contribution in [0, 0.1) is 0 Å². The molecule has 0 amide bonds. The zero-order valence-corrected chi connectivity index (χ0v) is 11.3. The van der Waals surface area contributed by atoms with Gasteiger partial charge in [0, 0.05) is 30.3 Å². The van der Waals surface area contributed by atoms with Gasteiger partial charge in [-0.25, -0.2) is 0 Å². The lowest BCUT2D eigenvalue weighted by Crippen LogP contribution is -2.41. The summed E-state index contributed by atoms with van der Waals surface area (Å²) in [7, 11) is 0. The maximum absolute atomic E-state index is 5.76. The van der Waals surface area contributed by atoms with Gasteiger partial charge >= 0.3 is 0 Å². The zero-order valence-electron chi connectivity index (χ0n) is 11.3. The van der Waals surface area contributed by atoms with Gasteiger partial charge in [0.2, 0.25) is 0 Å². The lowest BCUT2D eigenvalue weighted by atomic mass is 9.87. The molecule has 0 saturated carbocycles. The first-order valence-corrected chi connectivity index (χ1v) is 6.76. The maximum Gasteiger partial charge on any atom is 0.0419 e. The minimum atomic E-state index is 0.197. The highest BCUT2D eigenvalue weighted by molar-refractivity contribution is 5.22. The number of hydrazine groups is 1. The standard InChI is InChI=1S/C16H21N3/c1-2-15(13-8-4-3-5-9-13)16(19-17)12-14-10-6-7-11-18-14/h3-11,15-16,19H,2,12,17H2,1H3. The zero-order chi connectivity index (χ0) is 13.5. The van der Waals surface area contributed by atoms with Crippen molar-refractivity contribution in [2.45, 2.75) is 31.7 Å². The highest BCUT2D eigenvalue weighted by Gasteiger charge is 2.21. The molecule has 0 aliphatic rings. The summed E-state index contributed by atoms with van der Waals surface area (Å²) in [6.45, 7) is 2.19. The van der Waals surface area contributed by atoms with Gasteiger partial charge in [-0.05, 0) is 24.1 Å². The van der Waals surface area contributed by atoms with Gasteiger partial charge in [0.15, 0.2) is 0 Å². The fourth-order valence-corrected chi connectivity index (χ4v) is 2.51. The summed E-state index contributed by atoms with van der Waals surface area (Å²) in [5.41, 5.74) is 5.35. The number of aromatic nitrogens is 1. The Kier molecular flexibility index (Phi) is 5.07. The highest BCUT2D eigenvalue weighted by atomic mass is 15.2. The molecule has 3 heteroatoms. The summed E-state index contributed by atoms with van der Waals surface area (Å²) in [4.78, 5) is 4.38. The minimum absolute atomic E-state index is 0.197. The van der Waals surface area contributed by atoms with Crippen LogP contribution in [0.15, 0.2) is 54.7 Å². The maximum atomic E-state index is 5.76. The second-order valence-corrected chi connectivity index (χ2v) is 4.72. The van der Waals surface area contributed by atoms with Crippen molar-refractivity contribution in [3.05, 3.63) is 66.0 Å². The van der Waals surface area contributed by atoms with Crippen molar-refractivity contribution in [2.24, 2.45) is 5.84 Å². The van der Waals surface area contributed by atoms with E-state index in [1.165, 1.54) is 5.56 Å². The SMILES string of the molecule is CCC(c1ccccc1)C(Cc1ccccn1)NN. The van der Waals surface area contributed by atoms with Crippen molar-refractivity contribution in [2.75, 3.05) is 0 Å². The topological polar surface area (TPSA) is 50.9 Å². The summed E-state index contributed by atoms with van der Waals surface area (Å²) >= 11 is 0. The minimum Gasteiger partial charge on any atom is -0.271 e. The van der Waals surface area contributed by atoms with Crippen LogP contribution in [-0.4, -0.2) is 11.0 Å². The van der Waals surface area contributed by atoms with Crippen molar-refractivity contribution >= 4 is 0 Å². The number of nitrogens with zero attached hydrogens (tertiary/aromatic N) is 1. The van der Waals surface area contributed by atoms with Crippen molar-refractivity contribution in [3.8, 4) is 0 Å². The predicted molar refractivity (Wildman–Crippen MR) is 78.5 cm³/mol. The van der Waals surface area contributed by atoms with E-state index in [0.717, 1.165) is 18.5 Å². The van der Waals surface area contributed by atoms with E-state index in [0.29, 0.717) is 5.92 Å². The molecule has 0 bridgehead atoms. The van der Waals surface area contributed by atoms with E-state index in [4.69, 9.17) is 5.84 Å². The van der Waals surface area contributed by atoms with E-state index in [2.05, 4.69) is 41.6 Å². The Bertz CT molecular complexity index is 470. The molecule has 0 fully saturated rings. The van der Waals surface area contributed by atoms with E-state index >= 15 is 0 Å². The number of hydrogen-bond donors (Lipinski definition) is 2. The van der Waals surface area contributed by atoms with Gasteiger partial charge in [-0.2, -0.15) is 0 Å². The Hall–Kier alpha value is -1.71. The van der Waals surface area contributed by atoms with Crippen LogP contribution in [0.5, 0.6) is 0 Å². The summed E-state index contributed by atoms with van der Waals surface area (Å²) < 4.78 is 0. The van der Waals surface area contributed by atoms with Crippen LogP contribution in [0.3, 0.4) is 0 Å². The third-order valence-electron chi connectivity index (χ3n) is 3.52. The average Bonchev–Trinajstić information content (AvgIpc) is 2.49. The van der Waals surface area contributed by atoms with Crippen LogP contribution in [0.1, 0.15) is 30.5 Å². The van der Waals surface area contributed by atoms with E-state index in [1.807, 2.05) is 30.5 Å². The van der Waals surface area contributed by atoms with Crippen LogP contribution in [0.25, 0.3) is 0 Å². The Morgan fingerprint density at radius 3 is 2.42 bits per heavy atom. The molecule has 0 aliphatic carbocycles. The molecule has 0 aliphatic heterocycles. The average molecular weight is 255 g/mol. The van der Waals surface area contributed by atoms with E-state index < -0.39 is 0 Å². The quantitative estimate of drug-likeness (QED) is 0.616. The molecule has 2 atom stereocenters. The predicted octanol–water partition coefficient (Wildman–Crippen LogP) is 2.65. The largest absolute Gasteiger partial charge is 0.271 e. The van der Waals surface area contributed by atoms with Crippen LogP contribution in [0.4, 0.5) is 0 Å². The third kappa shape index (κ3) is 3.63. The van der Waals surface area contributed by atoms with Gasteiger partial charge in [-0.3, -0.25) is 16.3 Å². The second kappa shape index (κ2) is 7.02. The molecule has 19 heavy (non-hydrogen) atoms. The molecule has 3 nitrogen and oxygen atoms in total. The first-order chi connectivity index (χ1) is 9.35. The Labute approximate surface area is 114 Å². The molecule has 3 N–H and O–H groups in total. The van der Waals surface area contributed by atoms with Crippen molar-refractivity contribution < 1.29 is 0 Å². The molecule has 2 aromatic rings. The highest BCUT2D eigenvalue weighted by Crippen LogP contribution is 2.24. The van der Waals surface area contributed by atoms with Crippen LogP contribution < -0.4 is 11.3 Å². The number of nitrogens with two attached hydrogens (primary N) is 1. The van der Waals surface area contributed by atoms with Crippen molar-refractivity contribution in [1.82, 2.24) is 10.4 Å². The molecular weight excluding hydrogens is 234 g/mol. The van der Waals surface area contributed by atoms with E-state index in [1.54, 1.807) is 0 Å².